The number of urea groups is 1. The van der Waals surface area contributed by atoms with E-state index in [0.717, 1.165) is 128 Å². The summed E-state index contributed by atoms with van der Waals surface area (Å²) in [6.07, 6.45) is 79.0. The van der Waals surface area contributed by atoms with Crippen LogP contribution in [0.25, 0.3) is 0 Å². The molecule has 672 valence electrons. The third-order valence-electron chi connectivity index (χ3n) is 21.7. The number of esters is 2. The highest BCUT2D eigenvalue weighted by atomic mass is 31.2. The van der Waals surface area contributed by atoms with E-state index in [1.807, 2.05) is 12.2 Å². The zero-order valence-electron chi connectivity index (χ0n) is 74.5. The summed E-state index contributed by atoms with van der Waals surface area (Å²) in [5, 5.41) is 11.1. The van der Waals surface area contributed by atoms with Gasteiger partial charge in [0.1, 0.15) is 12.2 Å². The van der Waals surface area contributed by atoms with E-state index in [0.29, 0.717) is 25.7 Å². The minimum absolute atomic E-state index is 0.200. The van der Waals surface area contributed by atoms with Gasteiger partial charge in [-0.1, -0.05) is 413 Å². The molecule has 4 amide bonds. The molecule has 0 saturated carbocycles. The number of carbonyl (C=O) groups is 5. The van der Waals surface area contributed by atoms with Crippen LogP contribution in [0.2, 0.25) is 0 Å². The van der Waals surface area contributed by atoms with Gasteiger partial charge in [-0.25, -0.2) is 13.9 Å². The second kappa shape index (κ2) is 84.9. The highest BCUT2D eigenvalue weighted by Crippen LogP contribution is 2.44. The quantitative estimate of drug-likeness (QED) is 0.0143. The Labute approximate surface area is 699 Å². The summed E-state index contributed by atoms with van der Waals surface area (Å²) in [4.78, 5) is 89.9. The van der Waals surface area contributed by atoms with Gasteiger partial charge in [-0.05, 0) is 63.5 Å². The molecule has 0 fully saturated rings. The number of amides is 4. The maximum Gasteiger partial charge on any atom is 0.472 e. The molecule has 0 aliphatic rings. The van der Waals surface area contributed by atoms with Crippen LogP contribution >= 0.6 is 15.6 Å². The Hall–Kier alpha value is -3.15. The number of unbranched alkanes of at least 4 members (excludes halogenated alkanes) is 58. The van der Waals surface area contributed by atoms with Gasteiger partial charge in [0.2, 0.25) is 11.8 Å². The van der Waals surface area contributed by atoms with Gasteiger partial charge in [-0.3, -0.25) is 37.3 Å². The Kier molecular flexibility index (Phi) is 82.5. The summed E-state index contributed by atoms with van der Waals surface area (Å²) in [5.74, 6) is -1.40. The van der Waals surface area contributed by atoms with Gasteiger partial charge in [-0.15, -0.1) is 0 Å². The number of ether oxygens (including phenoxy) is 2. The molecule has 0 rings (SSSR count). The number of rotatable bonds is 90. The standard InChI is InChI=1S/C93H180N4O15P2/c1-7-13-19-25-31-37-41-43-47-51-55-61-67-73-87(111-91(100)77-71-65-59-49-35-29-23-17-11-5)85(96-89(98)75-69-63-57-53-45-39-33-27-21-15-9-3)83-109-113(103,104)107-81-79-94-93(102)95-80-82-108-114(105,106)110-84-86(97-90(99)76-70-64-58-54-46-40-34-28-22-16-10-4)88(112-92(101)78-72-66-60-50-36-30-24-18-12-6)74-68-62-56-52-48-44-42-38-32-26-20-14-8-2/h67-68,73-74,85-88H,7-66,69-72,75-84H2,1-6H3,(H,96,98)(H,97,99)(H,103,104)(H,105,106)(H2,94,95,102)/b73-67+,74-68+/t85-,86-,87+,88+/m0/s1. The highest BCUT2D eigenvalue weighted by Gasteiger charge is 2.32. The van der Waals surface area contributed by atoms with Crippen molar-refractivity contribution in [2.24, 2.45) is 0 Å². The molecular weight excluding hydrogens is 1470 g/mol. The molecule has 0 aromatic heterocycles. The number of nitrogens with one attached hydrogen (secondary N) is 4. The van der Waals surface area contributed by atoms with Crippen molar-refractivity contribution in [1.82, 2.24) is 21.3 Å². The summed E-state index contributed by atoms with van der Waals surface area (Å²) in [6, 6.07) is -2.77. The molecule has 0 aliphatic carbocycles. The van der Waals surface area contributed by atoms with Crippen molar-refractivity contribution in [2.45, 2.75) is 502 Å². The molecule has 0 heterocycles. The summed E-state index contributed by atoms with van der Waals surface area (Å²) in [7, 11) is -9.65. The molecule has 2 unspecified atom stereocenters. The van der Waals surface area contributed by atoms with Crippen LogP contribution in [0.5, 0.6) is 0 Å². The first-order valence-electron chi connectivity index (χ1n) is 48.1. The van der Waals surface area contributed by atoms with E-state index in [4.69, 9.17) is 27.6 Å². The van der Waals surface area contributed by atoms with Crippen LogP contribution in [0, 0.1) is 0 Å². The van der Waals surface area contributed by atoms with Gasteiger partial charge in [0.15, 0.2) is 0 Å². The highest BCUT2D eigenvalue weighted by molar-refractivity contribution is 7.47. The zero-order chi connectivity index (χ0) is 83.4. The normalized spacial score (nSPS) is 13.9. The fraction of sp³-hybridized carbons (Fsp3) is 0.903. The molecule has 0 bridgehead atoms. The third kappa shape index (κ3) is 78.7. The predicted molar refractivity (Wildman–Crippen MR) is 475 cm³/mol. The maximum atomic E-state index is 13.8. The van der Waals surface area contributed by atoms with Crippen LogP contribution in [0.1, 0.15) is 478 Å². The number of phosphoric acid groups is 2. The minimum atomic E-state index is -4.83. The first kappa shape index (κ1) is 111. The molecule has 0 spiro atoms. The lowest BCUT2D eigenvalue weighted by Crippen LogP contribution is -2.47. The monoisotopic (exact) mass is 1660 g/mol. The van der Waals surface area contributed by atoms with Crippen LogP contribution in [0.3, 0.4) is 0 Å². The smallest absolute Gasteiger partial charge is 0.456 e. The molecule has 6 atom stereocenters. The molecule has 0 radical (unpaired) electrons. The molecule has 114 heavy (non-hydrogen) atoms. The van der Waals surface area contributed by atoms with Crippen LogP contribution in [-0.4, -0.2) is 103 Å². The molecule has 0 saturated heterocycles. The lowest BCUT2D eigenvalue weighted by molar-refractivity contribution is -0.150. The Morgan fingerprint density at radius 3 is 0.737 bits per heavy atom. The number of hydrogen-bond donors (Lipinski definition) is 6. The molecule has 0 aromatic rings. The van der Waals surface area contributed by atoms with Gasteiger partial charge in [0.25, 0.3) is 0 Å². The van der Waals surface area contributed by atoms with Crippen molar-refractivity contribution in [3.63, 3.8) is 0 Å². The number of allylic oxidation sites excluding steroid dienone is 2. The molecule has 6 N–H and O–H groups in total. The van der Waals surface area contributed by atoms with E-state index in [-0.39, 0.29) is 50.6 Å². The Balaban J connectivity index is 6.18. The van der Waals surface area contributed by atoms with Crippen molar-refractivity contribution in [1.29, 1.82) is 0 Å². The van der Waals surface area contributed by atoms with Gasteiger partial charge in [0, 0.05) is 38.8 Å². The Morgan fingerprint density at radius 2 is 0.500 bits per heavy atom. The van der Waals surface area contributed by atoms with Crippen molar-refractivity contribution >= 4 is 45.4 Å². The summed E-state index contributed by atoms with van der Waals surface area (Å²) in [6.45, 7) is 10.9. The SMILES string of the molecule is CCCCCCCCCCCCC/C=C/[C@@H](OC(=O)CCCCCCCCCCC)[C@H](COP(=O)(O)OCCNC(=O)NCCOP(=O)(O)OC[C@H](NC(=O)CCCCCCCCCCCCC)[C@@H](/C=C/CCCCCCCCCCCCC)OC(=O)CCCCCCCCCCC)NC(=O)CCCCCCCCCCCCC. The molecule has 0 aromatic carbocycles. The van der Waals surface area contributed by atoms with Crippen molar-refractivity contribution in [3.8, 4) is 0 Å². The number of phosphoric ester groups is 2. The molecule has 19 nitrogen and oxygen atoms in total. The lowest BCUT2D eigenvalue weighted by Gasteiger charge is -2.27. The van der Waals surface area contributed by atoms with E-state index >= 15 is 0 Å². The first-order chi connectivity index (χ1) is 55.6. The summed E-state index contributed by atoms with van der Waals surface area (Å²) < 4.78 is 61.2. The van der Waals surface area contributed by atoms with E-state index in [1.165, 1.54) is 257 Å². The summed E-state index contributed by atoms with van der Waals surface area (Å²) in [5.41, 5.74) is 0. The van der Waals surface area contributed by atoms with E-state index in [9.17, 15) is 42.9 Å². The van der Waals surface area contributed by atoms with Crippen molar-refractivity contribution < 1.29 is 70.5 Å². The average molecular weight is 1660 g/mol. The fourth-order valence-corrected chi connectivity index (χ4v) is 15.9. The first-order valence-corrected chi connectivity index (χ1v) is 51.1. The third-order valence-corrected chi connectivity index (χ3v) is 23.7. The van der Waals surface area contributed by atoms with Crippen molar-refractivity contribution in [2.75, 3.05) is 39.5 Å². The topological polar surface area (TPSA) is 263 Å². The van der Waals surface area contributed by atoms with E-state index in [2.05, 4.69) is 62.8 Å². The van der Waals surface area contributed by atoms with Gasteiger partial charge in [-0.2, -0.15) is 0 Å². The minimum Gasteiger partial charge on any atom is -0.456 e. The van der Waals surface area contributed by atoms with E-state index < -0.39 is 84.3 Å². The second-order valence-corrected chi connectivity index (χ2v) is 35.8. The second-order valence-electron chi connectivity index (χ2n) is 32.9. The summed E-state index contributed by atoms with van der Waals surface area (Å²) >= 11 is 0. The molecular formula is C93H180N4O15P2. The van der Waals surface area contributed by atoms with Gasteiger partial charge >= 0.3 is 33.6 Å². The molecule has 0 aliphatic heterocycles. The average Bonchev–Trinajstić information content (AvgIpc) is 0.878. The van der Waals surface area contributed by atoms with Crippen LogP contribution in [-0.2, 0) is 55.9 Å². The van der Waals surface area contributed by atoms with E-state index in [1.54, 1.807) is 12.2 Å². The molecule has 21 heteroatoms. The largest absolute Gasteiger partial charge is 0.472 e. The van der Waals surface area contributed by atoms with Crippen molar-refractivity contribution in [3.05, 3.63) is 24.3 Å². The van der Waals surface area contributed by atoms with Crippen LogP contribution in [0.15, 0.2) is 24.3 Å². The Bertz CT molecular complexity index is 2180. The predicted octanol–water partition coefficient (Wildman–Crippen LogP) is 27.1. The number of hydrogen-bond acceptors (Lipinski definition) is 13. The fourth-order valence-electron chi connectivity index (χ4n) is 14.4. The zero-order valence-corrected chi connectivity index (χ0v) is 76.3. The van der Waals surface area contributed by atoms with Crippen LogP contribution in [0.4, 0.5) is 4.79 Å². The van der Waals surface area contributed by atoms with Gasteiger partial charge in [0.05, 0.1) is 38.5 Å². The number of carbonyl (C=O) groups excluding carboxylic acids is 5. The van der Waals surface area contributed by atoms with Crippen LogP contribution < -0.4 is 21.3 Å². The maximum absolute atomic E-state index is 13.8. The van der Waals surface area contributed by atoms with Gasteiger partial charge < -0.3 is 40.5 Å². The lowest BCUT2D eigenvalue weighted by atomic mass is 10.0. The Morgan fingerprint density at radius 1 is 0.289 bits per heavy atom.